The number of nitro benzene ring substituents is 1. The molecule has 0 saturated carbocycles. The lowest BCUT2D eigenvalue weighted by Crippen LogP contribution is -2.20. The number of hydrogen-bond acceptors (Lipinski definition) is 6. The van der Waals surface area contributed by atoms with Gasteiger partial charge in [0.2, 0.25) is 0 Å². The average molecular weight is 264 g/mol. The lowest BCUT2D eigenvalue weighted by Gasteiger charge is -2.00. The van der Waals surface area contributed by atoms with Crippen molar-refractivity contribution in [1.82, 2.24) is 5.32 Å². The van der Waals surface area contributed by atoms with Gasteiger partial charge in [-0.2, -0.15) is 0 Å². The molecule has 0 atom stereocenters. The molecular weight excluding hydrogens is 252 g/mol. The average Bonchev–Trinajstić information content (AvgIpc) is 2.38. The number of likely N-dealkylation sites (N-methyl/N-ethyl adjacent to an activating group) is 1. The van der Waals surface area contributed by atoms with Crippen molar-refractivity contribution in [3.05, 3.63) is 45.8 Å². The van der Waals surface area contributed by atoms with E-state index in [1.54, 1.807) is 6.07 Å². The van der Waals surface area contributed by atoms with Crippen LogP contribution in [0.25, 0.3) is 0 Å². The third kappa shape index (κ3) is 3.60. The molecule has 100 valence electrons. The quantitative estimate of drug-likeness (QED) is 0.285. The van der Waals surface area contributed by atoms with Crippen LogP contribution in [0, 0.1) is 10.1 Å². The number of rotatable bonds is 4. The fourth-order valence-electron chi connectivity index (χ4n) is 1.21. The van der Waals surface area contributed by atoms with Crippen molar-refractivity contribution in [2.24, 2.45) is 10.2 Å². The van der Waals surface area contributed by atoms with E-state index < -0.39 is 10.8 Å². The number of carbonyl (C=O) groups excluding carboxylic acids is 1. The van der Waals surface area contributed by atoms with Crippen molar-refractivity contribution in [1.29, 1.82) is 0 Å². The third-order valence-corrected chi connectivity index (χ3v) is 2.12. The molecule has 19 heavy (non-hydrogen) atoms. The smallest absolute Gasteiger partial charge is 0.296 e. The molecular formula is C11H12N4O4. The summed E-state index contributed by atoms with van der Waals surface area (Å²) in [5, 5.41) is 29.5. The highest BCUT2D eigenvalue weighted by molar-refractivity contribution is 5.93. The van der Waals surface area contributed by atoms with Crippen molar-refractivity contribution in [3.63, 3.8) is 0 Å². The molecule has 8 nitrogen and oxygen atoms in total. The lowest BCUT2D eigenvalue weighted by atomic mass is 10.3. The van der Waals surface area contributed by atoms with Gasteiger partial charge < -0.3 is 10.4 Å². The molecule has 0 saturated heterocycles. The minimum absolute atomic E-state index is 0.00449. The highest BCUT2D eigenvalue weighted by Gasteiger charge is 2.14. The van der Waals surface area contributed by atoms with E-state index in [9.17, 15) is 20.0 Å². The second-order valence-corrected chi connectivity index (χ2v) is 3.46. The molecule has 2 N–H and O–H groups in total. The molecule has 0 heterocycles. The molecule has 0 fully saturated rings. The summed E-state index contributed by atoms with van der Waals surface area (Å²) in [6.07, 6.45) is 0. The van der Waals surface area contributed by atoms with Gasteiger partial charge in [0.25, 0.3) is 11.6 Å². The van der Waals surface area contributed by atoms with Gasteiger partial charge in [-0.3, -0.25) is 14.9 Å². The molecule has 0 bridgehead atoms. The summed E-state index contributed by atoms with van der Waals surface area (Å²) in [5.74, 6) is -0.969. The summed E-state index contributed by atoms with van der Waals surface area (Å²) in [4.78, 5) is 21.5. The maximum atomic E-state index is 11.4. The number of allylic oxidation sites excluding steroid dienone is 1. The number of benzene rings is 1. The summed E-state index contributed by atoms with van der Waals surface area (Å²) in [5.41, 5.74) is -0.547. The number of nitrogens with one attached hydrogen (secondary N) is 1. The zero-order valence-electron chi connectivity index (χ0n) is 10.3. The van der Waals surface area contributed by atoms with E-state index >= 15 is 0 Å². The van der Waals surface area contributed by atoms with Crippen LogP contribution < -0.4 is 5.32 Å². The lowest BCUT2D eigenvalue weighted by molar-refractivity contribution is -0.384. The van der Waals surface area contributed by atoms with Crippen LogP contribution >= 0.6 is 0 Å². The number of aliphatic hydroxyl groups excluding tert-OH is 1. The zero-order valence-corrected chi connectivity index (χ0v) is 10.3. The minimum Gasteiger partial charge on any atom is -0.510 e. The van der Waals surface area contributed by atoms with E-state index in [1.807, 2.05) is 0 Å². The van der Waals surface area contributed by atoms with E-state index in [1.165, 1.54) is 32.2 Å². The number of carbonyl (C=O) groups is 1. The maximum absolute atomic E-state index is 11.4. The Bertz CT molecular complexity index is 562. The number of azo groups is 1. The molecule has 1 amide bonds. The monoisotopic (exact) mass is 264 g/mol. The zero-order chi connectivity index (χ0) is 14.4. The van der Waals surface area contributed by atoms with Gasteiger partial charge in [-0.15, -0.1) is 10.2 Å². The Labute approximate surface area is 108 Å². The number of nitro groups is 1. The Morgan fingerprint density at radius 3 is 2.58 bits per heavy atom. The predicted octanol–water partition coefficient (Wildman–Crippen LogP) is 2.21. The van der Waals surface area contributed by atoms with Crippen LogP contribution in [-0.2, 0) is 4.79 Å². The second kappa shape index (κ2) is 6.24. The van der Waals surface area contributed by atoms with Crippen LogP contribution in [-0.4, -0.2) is 23.0 Å². The first-order chi connectivity index (χ1) is 8.97. The van der Waals surface area contributed by atoms with Crippen molar-refractivity contribution in [2.75, 3.05) is 7.05 Å². The number of para-hydroxylation sites is 1. The highest BCUT2D eigenvalue weighted by Crippen LogP contribution is 2.27. The molecule has 0 aromatic heterocycles. The number of aliphatic hydroxyl groups is 1. The predicted molar refractivity (Wildman–Crippen MR) is 67.0 cm³/mol. The first kappa shape index (κ1) is 14.3. The van der Waals surface area contributed by atoms with Gasteiger partial charge >= 0.3 is 0 Å². The van der Waals surface area contributed by atoms with Crippen molar-refractivity contribution >= 4 is 17.3 Å². The first-order valence-corrected chi connectivity index (χ1v) is 5.24. The number of hydrogen-bond donors (Lipinski definition) is 2. The van der Waals surface area contributed by atoms with Gasteiger partial charge in [0, 0.05) is 13.1 Å². The summed E-state index contributed by atoms with van der Waals surface area (Å²) in [7, 11) is 1.37. The van der Waals surface area contributed by atoms with Gasteiger partial charge in [-0.1, -0.05) is 12.1 Å². The molecule has 0 aliphatic carbocycles. The molecule has 1 aromatic carbocycles. The standard InChI is InChI=1S/C11H12N4O4/c1-7(16)10(11(17)12-2)14-13-8-5-3-4-6-9(8)15(18)19/h3-6,16H,1-2H3,(H,12,17)/b10-7-,14-13?. The normalized spacial score (nSPS) is 12.1. The Balaban J connectivity index is 3.15. The van der Waals surface area contributed by atoms with Crippen LogP contribution in [0.2, 0.25) is 0 Å². The topological polar surface area (TPSA) is 117 Å². The Kier molecular flexibility index (Phi) is 4.69. The van der Waals surface area contributed by atoms with E-state index in [0.29, 0.717) is 0 Å². The molecule has 0 radical (unpaired) electrons. The first-order valence-electron chi connectivity index (χ1n) is 5.24. The molecule has 1 rings (SSSR count). The summed E-state index contributed by atoms with van der Waals surface area (Å²) in [6.45, 7) is 1.27. The number of amides is 1. The molecule has 0 aliphatic rings. The highest BCUT2D eigenvalue weighted by atomic mass is 16.6. The van der Waals surface area contributed by atoms with E-state index in [0.717, 1.165) is 0 Å². The van der Waals surface area contributed by atoms with Gasteiger partial charge in [-0.25, -0.2) is 0 Å². The fraction of sp³-hybridized carbons (Fsp3) is 0.182. The Hall–Kier alpha value is -2.77. The molecule has 1 aromatic rings. The SMILES string of the molecule is CNC(=O)/C(N=Nc1ccccc1[N+](=O)[O-])=C(\C)O. The summed E-state index contributed by atoms with van der Waals surface area (Å²) < 4.78 is 0. The Morgan fingerprint density at radius 1 is 1.42 bits per heavy atom. The number of nitrogens with zero attached hydrogens (tertiary/aromatic N) is 3. The van der Waals surface area contributed by atoms with Crippen LogP contribution in [0.1, 0.15) is 6.92 Å². The van der Waals surface area contributed by atoms with Crippen molar-refractivity contribution in [2.45, 2.75) is 6.92 Å². The van der Waals surface area contributed by atoms with Crippen LogP contribution in [0.15, 0.2) is 46.0 Å². The van der Waals surface area contributed by atoms with Crippen LogP contribution in [0.5, 0.6) is 0 Å². The third-order valence-electron chi connectivity index (χ3n) is 2.12. The molecule has 0 unspecified atom stereocenters. The molecule has 0 spiro atoms. The van der Waals surface area contributed by atoms with Gasteiger partial charge in [0.05, 0.1) is 4.92 Å². The van der Waals surface area contributed by atoms with E-state index in [-0.39, 0.29) is 22.8 Å². The van der Waals surface area contributed by atoms with Gasteiger partial charge in [0.1, 0.15) is 5.76 Å². The Morgan fingerprint density at radius 2 is 2.05 bits per heavy atom. The van der Waals surface area contributed by atoms with E-state index in [4.69, 9.17) is 0 Å². The fourth-order valence-corrected chi connectivity index (χ4v) is 1.21. The van der Waals surface area contributed by atoms with Gasteiger partial charge in [0.15, 0.2) is 11.4 Å². The van der Waals surface area contributed by atoms with Gasteiger partial charge in [-0.05, 0) is 13.0 Å². The summed E-state index contributed by atoms with van der Waals surface area (Å²) >= 11 is 0. The largest absolute Gasteiger partial charge is 0.510 e. The van der Waals surface area contributed by atoms with Crippen LogP contribution in [0.3, 0.4) is 0 Å². The second-order valence-electron chi connectivity index (χ2n) is 3.46. The van der Waals surface area contributed by atoms with Crippen molar-refractivity contribution in [3.8, 4) is 0 Å². The molecule has 8 heteroatoms. The maximum Gasteiger partial charge on any atom is 0.296 e. The van der Waals surface area contributed by atoms with E-state index in [2.05, 4.69) is 15.5 Å². The summed E-state index contributed by atoms with van der Waals surface area (Å²) in [6, 6.07) is 5.69. The minimum atomic E-state index is -0.637. The molecule has 0 aliphatic heterocycles. The van der Waals surface area contributed by atoms with Crippen LogP contribution in [0.4, 0.5) is 11.4 Å². The van der Waals surface area contributed by atoms with Crippen molar-refractivity contribution < 1.29 is 14.8 Å².